The van der Waals surface area contributed by atoms with Gasteiger partial charge in [0.2, 0.25) is 11.8 Å². The average molecular weight is 681 g/mol. The van der Waals surface area contributed by atoms with Crippen molar-refractivity contribution in [3.8, 4) is 0 Å². The zero-order valence-electron chi connectivity index (χ0n) is 29.1. The van der Waals surface area contributed by atoms with Crippen LogP contribution in [0.15, 0.2) is 54.7 Å². The molecule has 1 aromatic heterocycles. The van der Waals surface area contributed by atoms with Gasteiger partial charge in [-0.05, 0) is 105 Å². The van der Waals surface area contributed by atoms with E-state index in [1.54, 1.807) is 17.0 Å². The van der Waals surface area contributed by atoms with Crippen LogP contribution in [0.2, 0.25) is 0 Å². The number of hydrogen-bond acceptors (Lipinski definition) is 6. The van der Waals surface area contributed by atoms with Gasteiger partial charge in [0.25, 0.3) is 0 Å². The number of nitrogens with one attached hydrogen (secondary N) is 3. The Morgan fingerprint density at radius 3 is 2.38 bits per heavy atom. The Bertz CT molecular complexity index is 1760. The second-order valence-electron chi connectivity index (χ2n) is 15.7. The number of fused-ring (bicyclic) bond motifs is 2. The van der Waals surface area contributed by atoms with Gasteiger partial charge >= 0.3 is 12.1 Å². The zero-order chi connectivity index (χ0) is 34.7. The van der Waals surface area contributed by atoms with Crippen molar-refractivity contribution >= 4 is 46.2 Å². The Hall–Kier alpha value is -4.54. The number of piperidine rings is 1. The van der Waals surface area contributed by atoms with Gasteiger partial charge in [0, 0.05) is 49.8 Å². The predicted molar refractivity (Wildman–Crippen MR) is 191 cm³/mol. The third-order valence-corrected chi connectivity index (χ3v) is 12.3. The molecule has 2 saturated heterocycles. The van der Waals surface area contributed by atoms with Gasteiger partial charge < -0.3 is 30.2 Å². The lowest BCUT2D eigenvalue weighted by Crippen LogP contribution is -2.69. The molecule has 0 spiro atoms. The molecule has 11 nitrogen and oxygen atoms in total. The van der Waals surface area contributed by atoms with Crippen LogP contribution >= 0.6 is 0 Å². The highest BCUT2D eigenvalue weighted by atomic mass is 16.6. The van der Waals surface area contributed by atoms with Crippen molar-refractivity contribution in [2.75, 3.05) is 30.4 Å². The van der Waals surface area contributed by atoms with Crippen molar-refractivity contribution in [2.45, 2.75) is 82.5 Å². The number of rotatable bonds is 8. The summed E-state index contributed by atoms with van der Waals surface area (Å²) in [5.74, 6) is 1.13. The fourth-order valence-electron chi connectivity index (χ4n) is 10.1. The topological polar surface area (TPSA) is 127 Å². The van der Waals surface area contributed by atoms with Gasteiger partial charge in [-0.25, -0.2) is 14.5 Å². The second-order valence-corrected chi connectivity index (χ2v) is 15.7. The molecule has 264 valence electrons. The van der Waals surface area contributed by atoms with Crippen LogP contribution in [-0.4, -0.2) is 78.7 Å². The van der Waals surface area contributed by atoms with Crippen LogP contribution in [0, 0.1) is 29.6 Å². The number of para-hydroxylation sites is 1. The largest absolute Gasteiger partial charge is 0.446 e. The van der Waals surface area contributed by atoms with Crippen molar-refractivity contribution in [1.29, 1.82) is 0 Å². The number of H-pyrrole nitrogens is 1. The molecule has 2 aromatic carbocycles. The number of hydrogen-bond donors (Lipinski definition) is 3. The number of amides is 5. The quantitative estimate of drug-likeness (QED) is 0.291. The minimum atomic E-state index is -0.911. The number of aromatic amines is 1. The Kier molecular flexibility index (Phi) is 8.47. The Morgan fingerprint density at radius 2 is 1.68 bits per heavy atom. The van der Waals surface area contributed by atoms with Crippen molar-refractivity contribution < 1.29 is 23.9 Å². The minimum absolute atomic E-state index is 0.103. The normalized spacial score (nSPS) is 30.6. The minimum Gasteiger partial charge on any atom is -0.446 e. The summed E-state index contributed by atoms with van der Waals surface area (Å²) in [6, 6.07) is 13.0. The van der Waals surface area contributed by atoms with Gasteiger partial charge in [0.1, 0.15) is 12.1 Å². The Morgan fingerprint density at radius 1 is 0.980 bits per heavy atom. The molecule has 6 fully saturated rings. The number of urea groups is 1. The smallest absolute Gasteiger partial charge is 0.408 e. The molecule has 0 radical (unpaired) electrons. The first-order valence-corrected chi connectivity index (χ1v) is 18.4. The lowest BCUT2D eigenvalue weighted by molar-refractivity contribution is -0.129. The van der Waals surface area contributed by atoms with Crippen LogP contribution in [-0.2, 0) is 20.7 Å². The number of carbonyl (C=O) groups is 4. The van der Waals surface area contributed by atoms with E-state index in [0.29, 0.717) is 36.9 Å². The molecule has 3 aromatic rings. The molecule has 5 amide bonds. The molecule has 9 rings (SSSR count). The first-order valence-electron chi connectivity index (χ1n) is 18.4. The molecule has 4 saturated carbocycles. The maximum atomic E-state index is 14.3. The van der Waals surface area contributed by atoms with Gasteiger partial charge in [0.15, 0.2) is 0 Å². The number of alkyl carbamates (subject to hydrolysis) is 1. The lowest BCUT2D eigenvalue weighted by Gasteiger charge is -2.53. The van der Waals surface area contributed by atoms with Gasteiger partial charge in [-0.15, -0.1) is 0 Å². The molecular formula is C39H48N6O5. The second kappa shape index (κ2) is 13.0. The highest BCUT2D eigenvalue weighted by molar-refractivity contribution is 6.17. The van der Waals surface area contributed by atoms with Gasteiger partial charge in [-0.2, -0.15) is 0 Å². The molecule has 2 aliphatic heterocycles. The number of imide groups is 1. The first-order chi connectivity index (χ1) is 24.1. The summed E-state index contributed by atoms with van der Waals surface area (Å²) >= 11 is 0. The van der Waals surface area contributed by atoms with E-state index in [2.05, 4.69) is 15.6 Å². The molecule has 6 aliphatic rings. The van der Waals surface area contributed by atoms with E-state index in [4.69, 9.17) is 4.74 Å². The SMILES string of the molecule is CC1C(=O)N(c2ccc(N(C)C)cc2)C(=O)N2CCCC(NC(=O)C(Cc3c[nH]c4ccccc34)NC(=O)OC3C4CC5CC(C4)CC3C5)C12. The third kappa shape index (κ3) is 5.88. The summed E-state index contributed by atoms with van der Waals surface area (Å²) in [7, 11) is 3.88. The molecule has 3 N–H and O–H groups in total. The van der Waals surface area contributed by atoms with Crippen LogP contribution in [0.25, 0.3) is 10.9 Å². The van der Waals surface area contributed by atoms with Gasteiger partial charge in [-0.3, -0.25) is 9.59 Å². The highest BCUT2D eigenvalue weighted by Gasteiger charge is 2.51. The first kappa shape index (κ1) is 32.7. The van der Waals surface area contributed by atoms with Crippen molar-refractivity contribution in [3.05, 3.63) is 60.3 Å². The van der Waals surface area contributed by atoms with Crippen LogP contribution in [0.5, 0.6) is 0 Å². The summed E-state index contributed by atoms with van der Waals surface area (Å²) in [5.41, 5.74) is 3.36. The van der Waals surface area contributed by atoms with E-state index in [0.717, 1.165) is 59.7 Å². The predicted octanol–water partition coefficient (Wildman–Crippen LogP) is 5.45. The van der Waals surface area contributed by atoms with E-state index in [-0.39, 0.29) is 30.4 Å². The molecular weight excluding hydrogens is 632 g/mol. The number of ether oxygens (including phenoxy) is 1. The van der Waals surface area contributed by atoms with Crippen LogP contribution in [0.4, 0.5) is 21.0 Å². The van der Waals surface area contributed by atoms with E-state index >= 15 is 0 Å². The molecule has 11 heteroatoms. The van der Waals surface area contributed by atoms with Gasteiger partial charge in [0.05, 0.1) is 23.7 Å². The highest BCUT2D eigenvalue weighted by Crippen LogP contribution is 2.54. The van der Waals surface area contributed by atoms with E-state index in [1.807, 2.05) is 68.5 Å². The Balaban J connectivity index is 1.00. The summed E-state index contributed by atoms with van der Waals surface area (Å²) in [6.07, 6.45) is 8.59. The van der Waals surface area contributed by atoms with Crippen molar-refractivity contribution in [3.63, 3.8) is 0 Å². The van der Waals surface area contributed by atoms with Crippen LogP contribution in [0.3, 0.4) is 0 Å². The zero-order valence-corrected chi connectivity index (χ0v) is 29.1. The third-order valence-electron chi connectivity index (χ3n) is 12.3. The molecule has 4 bridgehead atoms. The maximum Gasteiger partial charge on any atom is 0.408 e. The number of nitrogens with zero attached hydrogens (tertiary/aromatic N) is 3. The number of aromatic nitrogens is 1. The summed E-state index contributed by atoms with van der Waals surface area (Å²) < 4.78 is 6.17. The fraction of sp³-hybridized carbons (Fsp3) is 0.538. The lowest BCUT2D eigenvalue weighted by atomic mass is 9.55. The number of carbonyl (C=O) groups excluding carboxylic acids is 4. The summed E-state index contributed by atoms with van der Waals surface area (Å²) in [5, 5.41) is 7.15. The number of anilines is 2. The average Bonchev–Trinajstić information content (AvgIpc) is 3.51. The fourth-order valence-corrected chi connectivity index (χ4v) is 10.1. The van der Waals surface area contributed by atoms with Crippen molar-refractivity contribution in [1.82, 2.24) is 20.5 Å². The Labute approximate surface area is 293 Å². The summed E-state index contributed by atoms with van der Waals surface area (Å²) in [4.78, 5) is 63.9. The molecule has 4 unspecified atom stereocenters. The molecule has 50 heavy (non-hydrogen) atoms. The van der Waals surface area contributed by atoms with Crippen molar-refractivity contribution in [2.24, 2.45) is 29.6 Å². The summed E-state index contributed by atoms with van der Waals surface area (Å²) in [6.45, 7) is 2.33. The van der Waals surface area contributed by atoms with Gasteiger partial charge in [-0.1, -0.05) is 25.1 Å². The van der Waals surface area contributed by atoms with Crippen LogP contribution < -0.4 is 20.4 Å². The monoisotopic (exact) mass is 680 g/mol. The van der Waals surface area contributed by atoms with E-state index in [9.17, 15) is 19.2 Å². The molecule has 4 aliphatic carbocycles. The molecule has 3 heterocycles. The maximum absolute atomic E-state index is 14.3. The standard InChI is InChI=1S/C39H48N6O5/c1-22-34-32(9-6-14-44(34)39(49)45(37(22)47)29-12-10-28(11-13-29)43(2)3)41-36(46)33(20-27-21-40-31-8-5-4-7-30(27)31)42-38(48)50-35-25-16-23-15-24(18-25)19-26(35)17-23/h4-5,7-8,10-13,21-26,32-35,40H,6,9,14-20H2,1-3H3,(H,41,46)(H,42,48). The van der Waals surface area contributed by atoms with E-state index < -0.39 is 30.1 Å². The molecule has 4 atom stereocenters. The number of benzene rings is 2. The van der Waals surface area contributed by atoms with Crippen LogP contribution in [0.1, 0.15) is 57.4 Å². The van der Waals surface area contributed by atoms with E-state index in [1.165, 1.54) is 11.3 Å².